The van der Waals surface area contributed by atoms with Crippen molar-refractivity contribution >= 4 is 5.91 Å². The van der Waals surface area contributed by atoms with Gasteiger partial charge in [-0.15, -0.1) is 0 Å². The van der Waals surface area contributed by atoms with Gasteiger partial charge in [-0.2, -0.15) is 0 Å². The first-order valence-corrected chi connectivity index (χ1v) is 4.15. The van der Waals surface area contributed by atoms with Crippen molar-refractivity contribution in [1.82, 2.24) is 10.3 Å². The molecule has 0 fully saturated rings. The van der Waals surface area contributed by atoms with Crippen LogP contribution >= 0.6 is 0 Å². The Morgan fingerprint density at radius 2 is 2.57 bits per heavy atom. The molecule has 1 aromatic rings. The first kappa shape index (κ1) is 10.2. The average Bonchev–Trinajstić information content (AvgIpc) is 2.26. The number of nitrogens with zero attached hydrogens (tertiary/aromatic N) is 1. The molecule has 74 valence electrons. The van der Waals surface area contributed by atoms with Gasteiger partial charge < -0.3 is 10.1 Å². The van der Waals surface area contributed by atoms with Gasteiger partial charge in [-0.3, -0.25) is 9.78 Å². The van der Waals surface area contributed by atoms with Crippen LogP contribution in [0, 0.1) is 0 Å². The van der Waals surface area contributed by atoms with Gasteiger partial charge in [0.2, 0.25) is 5.91 Å². The number of carbonyl (C=O) groups is 1. The van der Waals surface area contributed by atoms with Gasteiger partial charge in [0, 0.05) is 24.5 Å². The number of amides is 1. The SMILES string of the molecule is C=CC(=O)NCc1cnccc1OC. The molecule has 0 aliphatic rings. The van der Waals surface area contributed by atoms with Gasteiger partial charge in [-0.05, 0) is 12.1 Å². The molecule has 0 saturated carbocycles. The van der Waals surface area contributed by atoms with E-state index in [9.17, 15) is 4.79 Å². The number of hydrogen-bond acceptors (Lipinski definition) is 3. The largest absolute Gasteiger partial charge is 0.496 e. The van der Waals surface area contributed by atoms with Crippen molar-refractivity contribution in [2.75, 3.05) is 7.11 Å². The number of aromatic nitrogens is 1. The fraction of sp³-hybridized carbons (Fsp3) is 0.200. The Hall–Kier alpha value is -1.84. The lowest BCUT2D eigenvalue weighted by molar-refractivity contribution is -0.116. The number of ether oxygens (including phenoxy) is 1. The van der Waals surface area contributed by atoms with Gasteiger partial charge in [0.25, 0.3) is 0 Å². The highest BCUT2D eigenvalue weighted by molar-refractivity contribution is 5.86. The highest BCUT2D eigenvalue weighted by Crippen LogP contribution is 2.14. The minimum Gasteiger partial charge on any atom is -0.496 e. The quantitative estimate of drug-likeness (QED) is 0.721. The topological polar surface area (TPSA) is 51.2 Å². The molecule has 0 atom stereocenters. The number of carbonyl (C=O) groups excluding carboxylic acids is 1. The molecule has 0 radical (unpaired) electrons. The molecular weight excluding hydrogens is 180 g/mol. The van der Waals surface area contributed by atoms with Crippen molar-refractivity contribution in [2.45, 2.75) is 6.54 Å². The lowest BCUT2D eigenvalue weighted by Crippen LogP contribution is -2.20. The van der Waals surface area contributed by atoms with E-state index in [1.54, 1.807) is 25.6 Å². The maximum absolute atomic E-state index is 10.9. The summed E-state index contributed by atoms with van der Waals surface area (Å²) in [5.74, 6) is 0.500. The number of methoxy groups -OCH3 is 1. The van der Waals surface area contributed by atoms with Crippen LogP contribution in [0.15, 0.2) is 31.1 Å². The van der Waals surface area contributed by atoms with E-state index in [0.29, 0.717) is 12.3 Å². The summed E-state index contributed by atoms with van der Waals surface area (Å²) < 4.78 is 5.09. The summed E-state index contributed by atoms with van der Waals surface area (Å²) in [7, 11) is 1.58. The van der Waals surface area contributed by atoms with E-state index in [2.05, 4.69) is 16.9 Å². The molecule has 0 bridgehead atoms. The second-order valence-electron chi connectivity index (χ2n) is 2.61. The van der Waals surface area contributed by atoms with Crippen molar-refractivity contribution < 1.29 is 9.53 Å². The number of hydrogen-bond donors (Lipinski definition) is 1. The summed E-state index contributed by atoms with van der Waals surface area (Å²) in [6.07, 6.45) is 4.52. The molecule has 0 spiro atoms. The molecule has 0 unspecified atom stereocenters. The van der Waals surface area contributed by atoms with Crippen LogP contribution < -0.4 is 10.1 Å². The van der Waals surface area contributed by atoms with E-state index in [1.165, 1.54) is 6.08 Å². The van der Waals surface area contributed by atoms with Gasteiger partial charge in [0.15, 0.2) is 0 Å². The van der Waals surface area contributed by atoms with Gasteiger partial charge in [0.1, 0.15) is 5.75 Å². The minimum atomic E-state index is -0.212. The van der Waals surface area contributed by atoms with E-state index in [0.717, 1.165) is 5.56 Å². The van der Waals surface area contributed by atoms with Crippen molar-refractivity contribution in [3.8, 4) is 5.75 Å². The molecule has 0 aromatic carbocycles. The monoisotopic (exact) mass is 192 g/mol. The Kier molecular flexibility index (Phi) is 3.67. The summed E-state index contributed by atoms with van der Waals surface area (Å²) in [6.45, 7) is 3.75. The third-order valence-corrected chi connectivity index (χ3v) is 1.72. The molecule has 1 aromatic heterocycles. The van der Waals surface area contributed by atoms with Crippen LogP contribution in [0.3, 0.4) is 0 Å². The van der Waals surface area contributed by atoms with Gasteiger partial charge in [0.05, 0.1) is 7.11 Å². The molecular formula is C10H12N2O2. The van der Waals surface area contributed by atoms with Crippen molar-refractivity contribution in [3.63, 3.8) is 0 Å². The lowest BCUT2D eigenvalue weighted by atomic mass is 10.2. The molecule has 0 aliphatic heterocycles. The predicted molar refractivity (Wildman–Crippen MR) is 52.8 cm³/mol. The zero-order valence-corrected chi connectivity index (χ0v) is 7.99. The Morgan fingerprint density at radius 3 is 3.21 bits per heavy atom. The van der Waals surface area contributed by atoms with Gasteiger partial charge >= 0.3 is 0 Å². The van der Waals surface area contributed by atoms with Crippen LogP contribution in [0.4, 0.5) is 0 Å². The molecule has 1 heterocycles. The second kappa shape index (κ2) is 5.01. The van der Waals surface area contributed by atoms with Crippen LogP contribution in [-0.4, -0.2) is 18.0 Å². The standard InChI is InChI=1S/C10H12N2O2/c1-3-10(13)12-7-8-6-11-5-4-9(8)14-2/h3-6H,1,7H2,2H3,(H,12,13). The molecule has 0 saturated heterocycles. The third-order valence-electron chi connectivity index (χ3n) is 1.72. The van der Waals surface area contributed by atoms with E-state index in [4.69, 9.17) is 4.74 Å². The van der Waals surface area contributed by atoms with E-state index < -0.39 is 0 Å². The molecule has 1 amide bonds. The predicted octanol–water partition coefficient (Wildman–Crippen LogP) is 0.892. The fourth-order valence-corrected chi connectivity index (χ4v) is 1.00. The number of pyridine rings is 1. The highest BCUT2D eigenvalue weighted by Gasteiger charge is 2.02. The molecule has 1 N–H and O–H groups in total. The maximum Gasteiger partial charge on any atom is 0.243 e. The van der Waals surface area contributed by atoms with Gasteiger partial charge in [-0.25, -0.2) is 0 Å². The van der Waals surface area contributed by atoms with Gasteiger partial charge in [-0.1, -0.05) is 6.58 Å². The molecule has 4 heteroatoms. The van der Waals surface area contributed by atoms with E-state index in [1.807, 2.05) is 0 Å². The third kappa shape index (κ3) is 2.58. The Morgan fingerprint density at radius 1 is 1.79 bits per heavy atom. The molecule has 0 aliphatic carbocycles. The Balaban J connectivity index is 2.66. The van der Waals surface area contributed by atoms with Crippen LogP contribution in [0.1, 0.15) is 5.56 Å². The summed E-state index contributed by atoms with van der Waals surface area (Å²) >= 11 is 0. The van der Waals surface area contributed by atoms with Crippen LogP contribution in [-0.2, 0) is 11.3 Å². The normalized spacial score (nSPS) is 9.21. The van der Waals surface area contributed by atoms with E-state index >= 15 is 0 Å². The highest BCUT2D eigenvalue weighted by atomic mass is 16.5. The Labute approximate surface area is 82.6 Å². The van der Waals surface area contributed by atoms with E-state index in [-0.39, 0.29) is 5.91 Å². The maximum atomic E-state index is 10.9. The zero-order valence-electron chi connectivity index (χ0n) is 7.99. The minimum absolute atomic E-state index is 0.212. The summed E-state index contributed by atoms with van der Waals surface area (Å²) in [6, 6.07) is 1.75. The van der Waals surface area contributed by atoms with Crippen molar-refractivity contribution in [1.29, 1.82) is 0 Å². The second-order valence-corrected chi connectivity index (χ2v) is 2.61. The molecule has 1 rings (SSSR count). The zero-order chi connectivity index (χ0) is 10.4. The van der Waals surface area contributed by atoms with Crippen LogP contribution in [0.25, 0.3) is 0 Å². The van der Waals surface area contributed by atoms with Crippen molar-refractivity contribution in [3.05, 3.63) is 36.7 Å². The molecule has 14 heavy (non-hydrogen) atoms. The average molecular weight is 192 g/mol. The summed E-state index contributed by atoms with van der Waals surface area (Å²) in [5, 5.41) is 2.65. The van der Waals surface area contributed by atoms with Crippen molar-refractivity contribution in [2.24, 2.45) is 0 Å². The smallest absolute Gasteiger partial charge is 0.243 e. The van der Waals surface area contributed by atoms with Crippen LogP contribution in [0.5, 0.6) is 5.75 Å². The first-order valence-electron chi connectivity index (χ1n) is 4.15. The fourth-order valence-electron chi connectivity index (χ4n) is 1.00. The van der Waals surface area contributed by atoms with Crippen LogP contribution in [0.2, 0.25) is 0 Å². The lowest BCUT2D eigenvalue weighted by Gasteiger charge is -2.07. The summed E-state index contributed by atoms with van der Waals surface area (Å²) in [4.78, 5) is 14.8. The number of nitrogens with one attached hydrogen (secondary N) is 1. The summed E-state index contributed by atoms with van der Waals surface area (Å²) in [5.41, 5.74) is 0.838. The molecule has 4 nitrogen and oxygen atoms in total. The first-order chi connectivity index (χ1) is 6.77. The Bertz CT molecular complexity index is 337. The number of rotatable bonds is 4.